The van der Waals surface area contributed by atoms with Gasteiger partial charge in [0.1, 0.15) is 5.82 Å². The fourth-order valence-electron chi connectivity index (χ4n) is 2.52. The van der Waals surface area contributed by atoms with E-state index in [1.165, 1.54) is 36.6 Å². The van der Waals surface area contributed by atoms with Gasteiger partial charge in [-0.2, -0.15) is 0 Å². The third kappa shape index (κ3) is 4.79. The zero-order valence-electron chi connectivity index (χ0n) is 13.9. The summed E-state index contributed by atoms with van der Waals surface area (Å²) < 4.78 is 6.71. The summed E-state index contributed by atoms with van der Waals surface area (Å²) in [5.41, 5.74) is 0.586. The van der Waals surface area contributed by atoms with Gasteiger partial charge >= 0.3 is 5.97 Å². The van der Waals surface area contributed by atoms with Gasteiger partial charge in [0, 0.05) is 18.3 Å². The largest absolute Gasteiger partial charge is 0.469 e. The number of hydrogen-bond donors (Lipinski definition) is 1. The number of methoxy groups -OCH3 is 1. The van der Waals surface area contributed by atoms with Gasteiger partial charge in [-0.25, -0.2) is 4.98 Å². The first kappa shape index (κ1) is 17.9. The molecule has 0 atom stereocenters. The minimum atomic E-state index is -0.355. The fourth-order valence-corrected chi connectivity index (χ4v) is 4.03. The lowest BCUT2D eigenvalue weighted by Crippen LogP contribution is -2.15. The molecular weight excluding hydrogens is 362 g/mol. The molecule has 0 fully saturated rings. The van der Waals surface area contributed by atoms with Crippen LogP contribution in [0.3, 0.4) is 0 Å². The number of anilines is 1. The molecular formula is C15H19N5O3S2. The summed E-state index contributed by atoms with van der Waals surface area (Å²) in [6.45, 7) is 0.912. The molecule has 0 aliphatic carbocycles. The van der Waals surface area contributed by atoms with Gasteiger partial charge in [-0.15, -0.1) is 21.5 Å². The van der Waals surface area contributed by atoms with E-state index >= 15 is 0 Å². The number of aromatic nitrogens is 4. The van der Waals surface area contributed by atoms with E-state index in [0.717, 1.165) is 36.8 Å². The first-order valence-electron chi connectivity index (χ1n) is 8.01. The number of carbonyl (C=O) groups excluding carboxylic acids is 2. The summed E-state index contributed by atoms with van der Waals surface area (Å²) in [6.07, 6.45) is 4.51. The molecule has 0 saturated carbocycles. The predicted octanol–water partition coefficient (Wildman–Crippen LogP) is 1.91. The van der Waals surface area contributed by atoms with E-state index < -0.39 is 0 Å². The molecule has 0 bridgehead atoms. The van der Waals surface area contributed by atoms with Crippen molar-refractivity contribution in [1.29, 1.82) is 0 Å². The molecule has 1 aliphatic rings. The monoisotopic (exact) mass is 381 g/mol. The van der Waals surface area contributed by atoms with Gasteiger partial charge in [-0.3, -0.25) is 9.59 Å². The van der Waals surface area contributed by atoms with E-state index in [1.54, 1.807) is 5.38 Å². The number of aryl methyl sites for hydroxylation is 1. The second-order valence-corrected chi connectivity index (χ2v) is 7.40. The van der Waals surface area contributed by atoms with E-state index in [-0.39, 0.29) is 24.1 Å². The number of nitrogens with zero attached hydrogens (tertiary/aromatic N) is 4. The Morgan fingerprint density at radius 3 is 3.08 bits per heavy atom. The maximum Gasteiger partial charge on any atom is 0.311 e. The molecule has 2 aromatic rings. The van der Waals surface area contributed by atoms with Crippen LogP contribution in [0, 0.1) is 0 Å². The summed E-state index contributed by atoms with van der Waals surface area (Å²) in [7, 11) is 1.33. The Bertz CT molecular complexity index is 758. The molecule has 1 N–H and O–H groups in total. The van der Waals surface area contributed by atoms with Gasteiger partial charge in [-0.05, 0) is 12.8 Å². The van der Waals surface area contributed by atoms with Crippen LogP contribution in [-0.4, -0.2) is 44.5 Å². The lowest BCUT2D eigenvalue weighted by molar-refractivity contribution is -0.139. The van der Waals surface area contributed by atoms with Crippen LogP contribution in [0.25, 0.3) is 0 Å². The van der Waals surface area contributed by atoms with E-state index in [4.69, 9.17) is 0 Å². The Hall–Kier alpha value is -1.94. The van der Waals surface area contributed by atoms with Crippen LogP contribution < -0.4 is 5.32 Å². The van der Waals surface area contributed by atoms with Gasteiger partial charge in [0.25, 0.3) is 0 Å². The number of thiazole rings is 1. The van der Waals surface area contributed by atoms with E-state index in [9.17, 15) is 9.59 Å². The van der Waals surface area contributed by atoms with Crippen molar-refractivity contribution in [2.75, 3.05) is 18.2 Å². The molecule has 0 saturated heterocycles. The number of fused-ring (bicyclic) bond motifs is 1. The van der Waals surface area contributed by atoms with Gasteiger partial charge in [0.2, 0.25) is 5.91 Å². The number of esters is 1. The number of thioether (sulfide) groups is 1. The predicted molar refractivity (Wildman–Crippen MR) is 94.8 cm³/mol. The van der Waals surface area contributed by atoms with E-state index in [0.29, 0.717) is 10.8 Å². The van der Waals surface area contributed by atoms with Crippen molar-refractivity contribution in [1.82, 2.24) is 19.7 Å². The van der Waals surface area contributed by atoms with Gasteiger partial charge in [-0.1, -0.05) is 18.2 Å². The summed E-state index contributed by atoms with van der Waals surface area (Å²) >= 11 is 2.67. The molecule has 1 amide bonds. The molecule has 0 aromatic carbocycles. The number of rotatable bonds is 6. The molecule has 2 aromatic heterocycles. The van der Waals surface area contributed by atoms with Gasteiger partial charge in [0.15, 0.2) is 10.3 Å². The maximum absolute atomic E-state index is 12.1. The zero-order valence-corrected chi connectivity index (χ0v) is 15.5. The number of ether oxygens (including phenoxy) is 1. The molecule has 0 unspecified atom stereocenters. The highest BCUT2D eigenvalue weighted by molar-refractivity contribution is 7.99. The number of carbonyl (C=O) groups is 2. The van der Waals surface area contributed by atoms with Crippen molar-refractivity contribution < 1.29 is 14.3 Å². The highest BCUT2D eigenvalue weighted by Gasteiger charge is 2.16. The lowest BCUT2D eigenvalue weighted by atomic mass is 10.2. The molecule has 10 heteroatoms. The van der Waals surface area contributed by atoms with Crippen molar-refractivity contribution in [3.05, 3.63) is 16.9 Å². The first-order chi connectivity index (χ1) is 12.2. The van der Waals surface area contributed by atoms with Crippen LogP contribution in [0.5, 0.6) is 0 Å². The van der Waals surface area contributed by atoms with Crippen molar-refractivity contribution in [3.8, 4) is 0 Å². The highest BCUT2D eigenvalue weighted by Crippen LogP contribution is 2.22. The summed E-state index contributed by atoms with van der Waals surface area (Å²) in [5, 5.41) is 14.2. The third-order valence-corrected chi connectivity index (χ3v) is 5.53. The fraction of sp³-hybridized carbons (Fsp3) is 0.533. The molecule has 0 spiro atoms. The Labute approximate surface area is 153 Å². The van der Waals surface area contributed by atoms with Gasteiger partial charge < -0.3 is 14.6 Å². The Kier molecular flexibility index (Phi) is 6.03. The van der Waals surface area contributed by atoms with Gasteiger partial charge in [0.05, 0.1) is 25.0 Å². The summed E-state index contributed by atoms with van der Waals surface area (Å²) in [4.78, 5) is 27.6. The summed E-state index contributed by atoms with van der Waals surface area (Å²) in [6, 6.07) is 0. The topological polar surface area (TPSA) is 99.0 Å². The average Bonchev–Trinajstić information content (AvgIpc) is 3.12. The lowest BCUT2D eigenvalue weighted by Gasteiger charge is -2.06. The van der Waals surface area contributed by atoms with Crippen LogP contribution >= 0.6 is 23.1 Å². The first-order valence-corrected chi connectivity index (χ1v) is 9.88. The second-order valence-electron chi connectivity index (χ2n) is 5.59. The molecule has 3 heterocycles. The molecule has 1 aliphatic heterocycles. The zero-order chi connectivity index (χ0) is 17.6. The maximum atomic E-state index is 12.1. The number of amides is 1. The van der Waals surface area contributed by atoms with Crippen molar-refractivity contribution >= 4 is 40.1 Å². The smallest absolute Gasteiger partial charge is 0.311 e. The molecule has 0 radical (unpaired) electrons. The van der Waals surface area contributed by atoms with Crippen molar-refractivity contribution in [3.63, 3.8) is 0 Å². The third-order valence-electron chi connectivity index (χ3n) is 3.76. The Morgan fingerprint density at radius 1 is 1.36 bits per heavy atom. The minimum absolute atomic E-state index is 0.101. The quantitative estimate of drug-likeness (QED) is 0.603. The number of nitrogens with one attached hydrogen (secondary N) is 1. The molecule has 3 rings (SSSR count). The van der Waals surface area contributed by atoms with Crippen LogP contribution in [0.4, 0.5) is 5.13 Å². The van der Waals surface area contributed by atoms with E-state index in [2.05, 4.69) is 29.8 Å². The Morgan fingerprint density at radius 2 is 2.24 bits per heavy atom. The SMILES string of the molecule is COC(=O)Cc1csc(NC(=O)CSc2nnc3n2CCCCC3)n1. The summed E-state index contributed by atoms with van der Waals surface area (Å²) in [5.74, 6) is 0.735. The molecule has 25 heavy (non-hydrogen) atoms. The van der Waals surface area contributed by atoms with Crippen molar-refractivity contribution in [2.24, 2.45) is 0 Å². The van der Waals surface area contributed by atoms with Crippen LogP contribution in [-0.2, 0) is 33.7 Å². The standard InChI is InChI=1S/C15H19N5O3S2/c1-23-13(22)7-10-8-24-14(16-10)17-12(21)9-25-15-19-18-11-5-3-2-4-6-20(11)15/h8H,2-7,9H2,1H3,(H,16,17,21). The average molecular weight is 381 g/mol. The second kappa shape index (κ2) is 8.43. The van der Waals surface area contributed by atoms with Crippen LogP contribution in [0.1, 0.15) is 30.8 Å². The molecule has 8 nitrogen and oxygen atoms in total. The Balaban J connectivity index is 1.52. The van der Waals surface area contributed by atoms with Crippen LogP contribution in [0.15, 0.2) is 10.5 Å². The number of hydrogen-bond acceptors (Lipinski definition) is 8. The van der Waals surface area contributed by atoms with Crippen LogP contribution in [0.2, 0.25) is 0 Å². The normalized spacial score (nSPS) is 13.8. The van der Waals surface area contributed by atoms with E-state index in [1.807, 2.05) is 0 Å². The van der Waals surface area contributed by atoms with Crippen molar-refractivity contribution in [2.45, 2.75) is 43.8 Å². The molecule has 134 valence electrons. The minimum Gasteiger partial charge on any atom is -0.469 e. The highest BCUT2D eigenvalue weighted by atomic mass is 32.2.